The van der Waals surface area contributed by atoms with E-state index < -0.39 is 11.4 Å². The minimum Gasteiger partial charge on any atom is -0.481 e. The minimum absolute atomic E-state index is 0.110. The molecule has 0 aromatic carbocycles. The predicted molar refractivity (Wildman–Crippen MR) is 76.0 cm³/mol. The van der Waals surface area contributed by atoms with Crippen LogP contribution in [0.2, 0.25) is 0 Å². The van der Waals surface area contributed by atoms with Crippen LogP contribution in [0.15, 0.2) is 0 Å². The van der Waals surface area contributed by atoms with E-state index in [4.69, 9.17) is 4.74 Å². The van der Waals surface area contributed by atoms with Gasteiger partial charge >= 0.3 is 12.0 Å². The van der Waals surface area contributed by atoms with E-state index in [1.807, 2.05) is 6.92 Å². The first-order chi connectivity index (χ1) is 9.95. The summed E-state index contributed by atoms with van der Waals surface area (Å²) in [6.07, 6.45) is 4.54. The molecule has 1 saturated carbocycles. The lowest BCUT2D eigenvalue weighted by atomic mass is 9.81. The molecule has 21 heavy (non-hydrogen) atoms. The van der Waals surface area contributed by atoms with Gasteiger partial charge in [-0.2, -0.15) is 0 Å². The molecule has 1 unspecified atom stereocenters. The molecule has 6 heteroatoms. The average Bonchev–Trinajstić information content (AvgIpc) is 3.09. The molecular weight excluding hydrogens is 272 g/mol. The van der Waals surface area contributed by atoms with Gasteiger partial charge in [0, 0.05) is 26.2 Å². The quantitative estimate of drug-likeness (QED) is 0.826. The highest BCUT2D eigenvalue weighted by Crippen LogP contribution is 2.48. The Kier molecular flexibility index (Phi) is 3.59. The maximum Gasteiger partial charge on any atom is 0.317 e. The Balaban J connectivity index is 1.58. The van der Waals surface area contributed by atoms with Crippen molar-refractivity contribution in [3.05, 3.63) is 0 Å². The number of nitrogens with one attached hydrogen (secondary N) is 1. The number of aliphatic carboxylic acids is 1. The zero-order valence-electron chi connectivity index (χ0n) is 12.6. The van der Waals surface area contributed by atoms with Gasteiger partial charge in [-0.15, -0.1) is 0 Å². The highest BCUT2D eigenvalue weighted by molar-refractivity contribution is 5.80. The van der Waals surface area contributed by atoms with Crippen molar-refractivity contribution in [2.45, 2.75) is 44.6 Å². The second-order valence-electron chi connectivity index (χ2n) is 6.99. The molecule has 118 valence electrons. The first-order valence-corrected chi connectivity index (χ1v) is 7.85. The van der Waals surface area contributed by atoms with Gasteiger partial charge in [0.1, 0.15) is 0 Å². The number of ether oxygens (including phenoxy) is 1. The molecule has 3 atom stereocenters. The summed E-state index contributed by atoms with van der Waals surface area (Å²) in [5.41, 5.74) is -0.971. The van der Waals surface area contributed by atoms with E-state index in [1.54, 1.807) is 4.90 Å². The molecule has 3 aliphatic rings. The fourth-order valence-corrected chi connectivity index (χ4v) is 4.14. The van der Waals surface area contributed by atoms with E-state index in [0.29, 0.717) is 26.1 Å². The highest BCUT2D eigenvalue weighted by Gasteiger charge is 2.55. The molecule has 2 saturated heterocycles. The summed E-state index contributed by atoms with van der Waals surface area (Å²) in [4.78, 5) is 25.6. The Morgan fingerprint density at radius 3 is 2.81 bits per heavy atom. The van der Waals surface area contributed by atoms with E-state index >= 15 is 0 Å². The molecule has 0 bridgehead atoms. The van der Waals surface area contributed by atoms with E-state index in [9.17, 15) is 14.7 Å². The van der Waals surface area contributed by atoms with E-state index in [1.165, 1.54) is 0 Å². The fourth-order valence-electron chi connectivity index (χ4n) is 4.14. The topological polar surface area (TPSA) is 78.9 Å². The number of nitrogens with zero attached hydrogens (tertiary/aromatic N) is 1. The SMILES string of the molecule is CC1(CNC(=O)N2C[C@@H]3CCC[C@@]3(C(=O)O)C2)CCCO1. The minimum atomic E-state index is -0.744. The van der Waals surface area contributed by atoms with Gasteiger partial charge in [-0.05, 0) is 38.5 Å². The third-order valence-corrected chi connectivity index (χ3v) is 5.50. The molecule has 3 rings (SSSR count). The Morgan fingerprint density at radius 2 is 2.19 bits per heavy atom. The van der Waals surface area contributed by atoms with Gasteiger partial charge in [-0.25, -0.2) is 4.79 Å². The molecule has 6 nitrogen and oxygen atoms in total. The van der Waals surface area contributed by atoms with E-state index in [0.717, 1.165) is 32.3 Å². The number of carboxylic acids is 1. The summed E-state index contributed by atoms with van der Waals surface area (Å²) in [6, 6.07) is -0.151. The van der Waals surface area contributed by atoms with Crippen LogP contribution in [0, 0.1) is 11.3 Å². The van der Waals surface area contributed by atoms with Crippen LogP contribution in [0.3, 0.4) is 0 Å². The maximum atomic E-state index is 12.3. The monoisotopic (exact) mass is 296 g/mol. The van der Waals surface area contributed by atoms with E-state index in [-0.39, 0.29) is 17.6 Å². The number of carbonyl (C=O) groups is 2. The second kappa shape index (κ2) is 5.16. The zero-order chi connectivity index (χ0) is 15.1. The normalized spacial score (nSPS) is 38.5. The summed E-state index contributed by atoms with van der Waals surface area (Å²) in [7, 11) is 0. The van der Waals surface area contributed by atoms with Gasteiger partial charge in [-0.3, -0.25) is 4.79 Å². The van der Waals surface area contributed by atoms with Gasteiger partial charge in [-0.1, -0.05) is 6.42 Å². The number of hydrogen-bond donors (Lipinski definition) is 2. The fraction of sp³-hybridized carbons (Fsp3) is 0.867. The second-order valence-corrected chi connectivity index (χ2v) is 6.99. The molecule has 0 radical (unpaired) electrons. The smallest absolute Gasteiger partial charge is 0.317 e. The van der Waals surface area contributed by atoms with Gasteiger partial charge in [0.25, 0.3) is 0 Å². The highest BCUT2D eigenvalue weighted by atomic mass is 16.5. The number of carbonyl (C=O) groups excluding carboxylic acids is 1. The molecule has 2 aliphatic heterocycles. The number of likely N-dealkylation sites (tertiary alicyclic amines) is 1. The number of fused-ring (bicyclic) bond motifs is 1. The van der Waals surface area contributed by atoms with Crippen molar-refractivity contribution in [2.75, 3.05) is 26.2 Å². The Bertz CT molecular complexity index is 447. The van der Waals surface area contributed by atoms with Crippen LogP contribution in [0.25, 0.3) is 0 Å². The van der Waals surface area contributed by atoms with Crippen molar-refractivity contribution in [1.29, 1.82) is 0 Å². The molecule has 1 aliphatic carbocycles. The average molecular weight is 296 g/mol. The van der Waals surface area contributed by atoms with Crippen molar-refractivity contribution >= 4 is 12.0 Å². The van der Waals surface area contributed by atoms with Crippen molar-refractivity contribution in [2.24, 2.45) is 11.3 Å². The van der Waals surface area contributed by atoms with Crippen LogP contribution >= 0.6 is 0 Å². The van der Waals surface area contributed by atoms with Crippen LogP contribution in [0.5, 0.6) is 0 Å². The lowest BCUT2D eigenvalue weighted by Crippen LogP contribution is -2.46. The van der Waals surface area contributed by atoms with Crippen LogP contribution in [0.1, 0.15) is 39.0 Å². The summed E-state index contributed by atoms with van der Waals surface area (Å²) < 4.78 is 5.66. The van der Waals surface area contributed by atoms with Gasteiger partial charge in [0.2, 0.25) is 0 Å². The molecule has 2 heterocycles. The first kappa shape index (κ1) is 14.6. The molecular formula is C15H24N2O4. The predicted octanol–water partition coefficient (Wildman–Crippen LogP) is 1.45. The van der Waals surface area contributed by atoms with Crippen molar-refractivity contribution in [3.63, 3.8) is 0 Å². The lowest BCUT2D eigenvalue weighted by Gasteiger charge is -2.26. The zero-order valence-corrected chi connectivity index (χ0v) is 12.6. The lowest BCUT2D eigenvalue weighted by molar-refractivity contribution is -0.149. The van der Waals surface area contributed by atoms with Gasteiger partial charge in [0.15, 0.2) is 0 Å². The first-order valence-electron chi connectivity index (χ1n) is 7.85. The number of carboxylic acid groups (broad SMARTS) is 1. The number of amides is 2. The third-order valence-electron chi connectivity index (χ3n) is 5.50. The summed E-state index contributed by atoms with van der Waals surface area (Å²) >= 11 is 0. The largest absolute Gasteiger partial charge is 0.481 e. The standard InChI is InChI=1S/C15H24N2O4/c1-14(5-3-7-21-14)9-16-13(20)17-8-11-4-2-6-15(11,10-17)12(18)19/h11H,2-10H2,1H3,(H,16,20)(H,18,19)/t11-,14?,15+/m0/s1. The van der Waals surface area contributed by atoms with Crippen molar-refractivity contribution in [3.8, 4) is 0 Å². The van der Waals surface area contributed by atoms with Crippen LogP contribution < -0.4 is 5.32 Å². The summed E-state index contributed by atoms with van der Waals surface area (Å²) in [5, 5.41) is 12.5. The van der Waals surface area contributed by atoms with Crippen LogP contribution in [-0.4, -0.2) is 53.8 Å². The van der Waals surface area contributed by atoms with Crippen molar-refractivity contribution in [1.82, 2.24) is 10.2 Å². The number of urea groups is 1. The number of rotatable bonds is 3. The Morgan fingerprint density at radius 1 is 1.38 bits per heavy atom. The molecule has 0 aromatic rings. The van der Waals surface area contributed by atoms with Crippen molar-refractivity contribution < 1.29 is 19.4 Å². The van der Waals surface area contributed by atoms with Crippen LogP contribution in [-0.2, 0) is 9.53 Å². The third kappa shape index (κ3) is 2.50. The summed E-state index contributed by atoms with van der Waals surface area (Å²) in [5.74, 6) is -0.634. The molecule has 2 amide bonds. The van der Waals surface area contributed by atoms with Gasteiger partial charge in [0.05, 0.1) is 11.0 Å². The summed E-state index contributed by atoms with van der Waals surface area (Å²) in [6.45, 7) is 4.16. The van der Waals surface area contributed by atoms with E-state index in [2.05, 4.69) is 5.32 Å². The number of hydrogen-bond acceptors (Lipinski definition) is 3. The molecule has 3 fully saturated rings. The molecule has 0 aromatic heterocycles. The van der Waals surface area contributed by atoms with Crippen LogP contribution in [0.4, 0.5) is 4.79 Å². The molecule has 0 spiro atoms. The van der Waals surface area contributed by atoms with Gasteiger partial charge < -0.3 is 20.1 Å². The Hall–Kier alpha value is -1.30. The molecule has 2 N–H and O–H groups in total. The maximum absolute atomic E-state index is 12.3. The Labute approximate surface area is 124 Å².